The maximum absolute atomic E-state index is 5.82. The van der Waals surface area contributed by atoms with E-state index in [1.165, 1.54) is 5.56 Å². The van der Waals surface area contributed by atoms with E-state index >= 15 is 0 Å². The Morgan fingerprint density at radius 3 is 2.63 bits per heavy atom. The molecule has 1 heterocycles. The van der Waals surface area contributed by atoms with E-state index < -0.39 is 0 Å². The lowest BCUT2D eigenvalue weighted by Gasteiger charge is -2.06. The van der Waals surface area contributed by atoms with Gasteiger partial charge >= 0.3 is 0 Å². The molecule has 0 radical (unpaired) electrons. The molecule has 0 atom stereocenters. The van der Waals surface area contributed by atoms with E-state index in [1.807, 2.05) is 42.7 Å². The summed E-state index contributed by atoms with van der Waals surface area (Å²) in [5, 5.41) is 0. The molecule has 0 fully saturated rings. The van der Waals surface area contributed by atoms with Gasteiger partial charge in [0.15, 0.2) is 0 Å². The monoisotopic (exact) mass is 320 g/mol. The largest absolute Gasteiger partial charge is 0.398 e. The highest BCUT2D eigenvalue weighted by molar-refractivity contribution is 9.10. The second-order valence-corrected chi connectivity index (χ2v) is 5.22. The highest BCUT2D eigenvalue weighted by Gasteiger charge is 1.99. The standard InChI is InChI=1S/C15H17BrN2O/c16-14-4-3-13(10-15(14)17)11-19-9-1-2-12-5-7-18-8-6-12/h3-8,10H,1-2,9,11,17H2. The number of nitrogens with two attached hydrogens (primary N) is 1. The van der Waals surface area contributed by atoms with Crippen LogP contribution in [0.5, 0.6) is 0 Å². The molecule has 0 amide bonds. The number of aromatic nitrogens is 1. The third-order valence-electron chi connectivity index (χ3n) is 2.83. The van der Waals surface area contributed by atoms with Crippen LogP contribution in [0.15, 0.2) is 47.2 Å². The van der Waals surface area contributed by atoms with E-state index in [0.717, 1.165) is 35.2 Å². The van der Waals surface area contributed by atoms with E-state index in [0.29, 0.717) is 6.61 Å². The summed E-state index contributed by atoms with van der Waals surface area (Å²) in [5.74, 6) is 0. The van der Waals surface area contributed by atoms with Crippen molar-refractivity contribution in [1.29, 1.82) is 0 Å². The molecule has 2 aromatic rings. The number of ether oxygens (including phenoxy) is 1. The van der Waals surface area contributed by atoms with Crippen LogP contribution in [0.25, 0.3) is 0 Å². The van der Waals surface area contributed by atoms with Gasteiger partial charge in [-0.25, -0.2) is 0 Å². The fourth-order valence-corrected chi connectivity index (χ4v) is 2.05. The van der Waals surface area contributed by atoms with Gasteiger partial charge in [-0.05, 0) is 64.2 Å². The van der Waals surface area contributed by atoms with E-state index in [1.54, 1.807) is 0 Å². The molecule has 2 rings (SSSR count). The maximum atomic E-state index is 5.82. The average molecular weight is 321 g/mol. The summed E-state index contributed by atoms with van der Waals surface area (Å²) in [6, 6.07) is 9.98. The number of nitrogens with zero attached hydrogens (tertiary/aromatic N) is 1. The molecule has 0 bridgehead atoms. The van der Waals surface area contributed by atoms with Crippen LogP contribution in [0.2, 0.25) is 0 Å². The molecule has 0 saturated carbocycles. The van der Waals surface area contributed by atoms with E-state index in [2.05, 4.69) is 20.9 Å². The molecule has 0 aliphatic carbocycles. The van der Waals surface area contributed by atoms with Crippen molar-refractivity contribution in [2.45, 2.75) is 19.4 Å². The van der Waals surface area contributed by atoms with Gasteiger partial charge in [-0.15, -0.1) is 0 Å². The first-order valence-electron chi connectivity index (χ1n) is 6.26. The van der Waals surface area contributed by atoms with Crippen LogP contribution in [-0.4, -0.2) is 11.6 Å². The van der Waals surface area contributed by atoms with Crippen LogP contribution < -0.4 is 5.73 Å². The summed E-state index contributed by atoms with van der Waals surface area (Å²) in [7, 11) is 0. The topological polar surface area (TPSA) is 48.1 Å². The van der Waals surface area contributed by atoms with Crippen molar-refractivity contribution in [2.75, 3.05) is 12.3 Å². The minimum absolute atomic E-state index is 0.605. The number of hydrogen-bond donors (Lipinski definition) is 1. The number of nitrogen functional groups attached to an aromatic ring is 1. The Hall–Kier alpha value is -1.39. The van der Waals surface area contributed by atoms with Gasteiger partial charge < -0.3 is 10.5 Å². The molecule has 0 spiro atoms. The van der Waals surface area contributed by atoms with Gasteiger partial charge in [0.2, 0.25) is 0 Å². The van der Waals surface area contributed by atoms with Crippen LogP contribution >= 0.6 is 15.9 Å². The Morgan fingerprint density at radius 2 is 1.89 bits per heavy atom. The number of anilines is 1. The Labute approximate surface area is 121 Å². The number of rotatable bonds is 6. The van der Waals surface area contributed by atoms with Crippen LogP contribution in [0, 0.1) is 0 Å². The van der Waals surface area contributed by atoms with Gasteiger partial charge in [0, 0.05) is 29.2 Å². The van der Waals surface area contributed by atoms with Gasteiger partial charge in [-0.1, -0.05) is 6.07 Å². The highest BCUT2D eigenvalue weighted by atomic mass is 79.9. The number of hydrogen-bond acceptors (Lipinski definition) is 3. The Kier molecular flexibility index (Phi) is 5.36. The van der Waals surface area contributed by atoms with Crippen LogP contribution in [0.1, 0.15) is 17.5 Å². The molecule has 1 aromatic heterocycles. The van der Waals surface area contributed by atoms with Crippen LogP contribution in [-0.2, 0) is 17.8 Å². The number of benzene rings is 1. The maximum Gasteiger partial charge on any atom is 0.0717 e. The molecule has 0 saturated heterocycles. The third-order valence-corrected chi connectivity index (χ3v) is 3.55. The predicted octanol–water partition coefficient (Wildman–Crippen LogP) is 3.58. The second kappa shape index (κ2) is 7.26. The van der Waals surface area contributed by atoms with Crippen LogP contribution in [0.4, 0.5) is 5.69 Å². The van der Waals surface area contributed by atoms with E-state index in [-0.39, 0.29) is 0 Å². The van der Waals surface area contributed by atoms with Gasteiger partial charge in [0.1, 0.15) is 0 Å². The zero-order chi connectivity index (χ0) is 13.5. The van der Waals surface area contributed by atoms with Crippen molar-refractivity contribution < 1.29 is 4.74 Å². The molecule has 100 valence electrons. The molecule has 19 heavy (non-hydrogen) atoms. The summed E-state index contributed by atoms with van der Waals surface area (Å²) in [5.41, 5.74) is 8.97. The Balaban J connectivity index is 1.68. The summed E-state index contributed by atoms with van der Waals surface area (Å²) in [6.45, 7) is 1.35. The summed E-state index contributed by atoms with van der Waals surface area (Å²) in [6.07, 6.45) is 5.67. The summed E-state index contributed by atoms with van der Waals surface area (Å²) < 4.78 is 6.57. The van der Waals surface area contributed by atoms with Crippen molar-refractivity contribution in [1.82, 2.24) is 4.98 Å². The van der Waals surface area contributed by atoms with Crippen LogP contribution in [0.3, 0.4) is 0 Å². The smallest absolute Gasteiger partial charge is 0.0717 e. The molecular weight excluding hydrogens is 304 g/mol. The third kappa shape index (κ3) is 4.65. The molecule has 0 aliphatic rings. The normalized spacial score (nSPS) is 10.6. The molecule has 2 N–H and O–H groups in total. The minimum atomic E-state index is 0.605. The molecule has 3 nitrogen and oxygen atoms in total. The Bertz CT molecular complexity index is 517. The lowest BCUT2D eigenvalue weighted by Crippen LogP contribution is -1.98. The predicted molar refractivity (Wildman–Crippen MR) is 80.8 cm³/mol. The highest BCUT2D eigenvalue weighted by Crippen LogP contribution is 2.20. The zero-order valence-corrected chi connectivity index (χ0v) is 12.3. The number of aryl methyl sites for hydroxylation is 1. The summed E-state index contributed by atoms with van der Waals surface area (Å²) in [4.78, 5) is 4.00. The second-order valence-electron chi connectivity index (χ2n) is 4.37. The SMILES string of the molecule is Nc1cc(COCCCc2ccncc2)ccc1Br. The zero-order valence-electron chi connectivity index (χ0n) is 10.7. The first-order valence-corrected chi connectivity index (χ1v) is 7.05. The van der Waals surface area contributed by atoms with Gasteiger partial charge in [-0.2, -0.15) is 0 Å². The Morgan fingerprint density at radius 1 is 1.11 bits per heavy atom. The van der Waals surface area contributed by atoms with Crippen molar-refractivity contribution in [3.8, 4) is 0 Å². The molecular formula is C15H17BrN2O. The van der Waals surface area contributed by atoms with Gasteiger partial charge in [-0.3, -0.25) is 4.98 Å². The van der Waals surface area contributed by atoms with Gasteiger partial charge in [0.05, 0.1) is 6.61 Å². The first kappa shape index (κ1) is 14.0. The molecule has 0 unspecified atom stereocenters. The minimum Gasteiger partial charge on any atom is -0.398 e. The lowest BCUT2D eigenvalue weighted by molar-refractivity contribution is 0.119. The molecule has 0 aliphatic heterocycles. The van der Waals surface area contributed by atoms with Crippen molar-refractivity contribution in [3.05, 3.63) is 58.3 Å². The molecule has 4 heteroatoms. The fourth-order valence-electron chi connectivity index (χ4n) is 1.80. The number of pyridine rings is 1. The van der Waals surface area contributed by atoms with Crippen molar-refractivity contribution in [2.24, 2.45) is 0 Å². The van der Waals surface area contributed by atoms with Crippen molar-refractivity contribution >= 4 is 21.6 Å². The molecule has 1 aromatic carbocycles. The van der Waals surface area contributed by atoms with E-state index in [9.17, 15) is 0 Å². The lowest BCUT2D eigenvalue weighted by atomic mass is 10.1. The van der Waals surface area contributed by atoms with Gasteiger partial charge in [0.25, 0.3) is 0 Å². The summed E-state index contributed by atoms with van der Waals surface area (Å²) >= 11 is 3.38. The average Bonchev–Trinajstić information content (AvgIpc) is 2.43. The first-order chi connectivity index (χ1) is 9.25. The number of halogens is 1. The fraction of sp³-hybridized carbons (Fsp3) is 0.267. The van der Waals surface area contributed by atoms with Crippen molar-refractivity contribution in [3.63, 3.8) is 0 Å². The quantitative estimate of drug-likeness (QED) is 0.653. The van der Waals surface area contributed by atoms with E-state index in [4.69, 9.17) is 10.5 Å².